The Labute approximate surface area is 116 Å². The Hall–Kier alpha value is -0.0900. The van der Waals surface area contributed by atoms with Crippen LogP contribution in [0.15, 0.2) is 62.8 Å². The van der Waals surface area contributed by atoms with Crippen molar-refractivity contribution in [3.8, 4) is 0 Å². The van der Waals surface area contributed by atoms with Crippen LogP contribution in [0, 0.1) is 0 Å². The van der Waals surface area contributed by atoms with Crippen LogP contribution in [-0.2, 0) is 0 Å². The molecule has 0 saturated heterocycles. The predicted octanol–water partition coefficient (Wildman–Crippen LogP) is 5.90. The Kier molecular flexibility index (Phi) is 4.65. The molecule has 0 radical (unpaired) electrons. The lowest BCUT2D eigenvalue weighted by Gasteiger charge is -2.01. The first-order valence-corrected chi connectivity index (χ1v) is 7.92. The Morgan fingerprint density at radius 1 is 0.750 bits per heavy atom. The van der Waals surface area contributed by atoms with Gasteiger partial charge in [-0.25, -0.2) is 0 Å². The van der Waals surface area contributed by atoms with Gasteiger partial charge in [0.1, 0.15) is 0 Å². The highest BCUT2D eigenvalue weighted by Crippen LogP contribution is 2.37. The average molecular weight is 332 g/mol. The van der Waals surface area contributed by atoms with Gasteiger partial charge in [0.15, 0.2) is 0 Å². The molecule has 0 fully saturated rings. The van der Waals surface area contributed by atoms with Crippen molar-refractivity contribution in [1.82, 2.24) is 0 Å². The molecule has 0 amide bonds. The SMILES string of the molecule is Clc1ccc(SSc2ccc(Br)cc2)cc1. The largest absolute Gasteiger partial charge is 0.0843 e. The third-order valence-electron chi connectivity index (χ3n) is 1.86. The smallest absolute Gasteiger partial charge is 0.0406 e. The van der Waals surface area contributed by atoms with Gasteiger partial charge in [-0.05, 0) is 48.5 Å². The van der Waals surface area contributed by atoms with Gasteiger partial charge in [-0.15, -0.1) is 0 Å². The fourth-order valence-corrected chi connectivity index (χ4v) is 3.40. The molecule has 0 bridgehead atoms. The Bertz CT molecular complexity index is 408. The van der Waals surface area contributed by atoms with Gasteiger partial charge in [0.05, 0.1) is 0 Å². The minimum absolute atomic E-state index is 0.776. The van der Waals surface area contributed by atoms with Crippen molar-refractivity contribution >= 4 is 49.1 Å². The number of hydrogen-bond acceptors (Lipinski definition) is 2. The predicted molar refractivity (Wildman–Crippen MR) is 77.3 cm³/mol. The molecule has 0 heterocycles. The average Bonchev–Trinajstić information content (AvgIpc) is 2.30. The van der Waals surface area contributed by atoms with E-state index in [2.05, 4.69) is 28.1 Å². The van der Waals surface area contributed by atoms with Gasteiger partial charge < -0.3 is 0 Å². The summed E-state index contributed by atoms with van der Waals surface area (Å²) in [6.45, 7) is 0. The van der Waals surface area contributed by atoms with Crippen molar-refractivity contribution in [3.05, 3.63) is 58.0 Å². The van der Waals surface area contributed by atoms with Crippen molar-refractivity contribution in [1.29, 1.82) is 0 Å². The van der Waals surface area contributed by atoms with E-state index in [4.69, 9.17) is 11.6 Å². The monoisotopic (exact) mass is 330 g/mol. The van der Waals surface area contributed by atoms with Crippen LogP contribution in [0.3, 0.4) is 0 Å². The number of benzene rings is 2. The minimum atomic E-state index is 0.776. The maximum absolute atomic E-state index is 5.82. The molecule has 0 aliphatic heterocycles. The highest BCUT2D eigenvalue weighted by molar-refractivity contribution is 9.10. The third-order valence-corrected chi connectivity index (χ3v) is 5.06. The van der Waals surface area contributed by atoms with Crippen molar-refractivity contribution in [3.63, 3.8) is 0 Å². The van der Waals surface area contributed by atoms with E-state index in [9.17, 15) is 0 Å². The summed E-state index contributed by atoms with van der Waals surface area (Å²) in [5.41, 5.74) is 0. The number of hydrogen-bond donors (Lipinski definition) is 0. The fourth-order valence-electron chi connectivity index (χ4n) is 1.08. The lowest BCUT2D eigenvalue weighted by Crippen LogP contribution is -1.69. The van der Waals surface area contributed by atoms with E-state index in [1.165, 1.54) is 9.79 Å². The zero-order valence-corrected chi connectivity index (χ0v) is 12.2. The summed E-state index contributed by atoms with van der Waals surface area (Å²) in [4.78, 5) is 2.44. The molecule has 0 spiro atoms. The van der Waals surface area contributed by atoms with Crippen molar-refractivity contribution in [2.24, 2.45) is 0 Å². The van der Waals surface area contributed by atoms with Crippen molar-refractivity contribution < 1.29 is 0 Å². The summed E-state index contributed by atoms with van der Waals surface area (Å²) >= 11 is 9.24. The van der Waals surface area contributed by atoms with Crippen molar-refractivity contribution in [2.45, 2.75) is 9.79 Å². The first-order chi connectivity index (χ1) is 7.74. The quantitative estimate of drug-likeness (QED) is 0.642. The van der Waals surface area contributed by atoms with Gasteiger partial charge in [0, 0.05) is 19.3 Å². The van der Waals surface area contributed by atoms with E-state index in [1.54, 1.807) is 21.6 Å². The van der Waals surface area contributed by atoms with Gasteiger partial charge >= 0.3 is 0 Å². The van der Waals surface area contributed by atoms with Crippen LogP contribution in [0.1, 0.15) is 0 Å². The van der Waals surface area contributed by atoms with Crippen LogP contribution >= 0.6 is 49.1 Å². The highest BCUT2D eigenvalue weighted by Gasteiger charge is 1.97. The van der Waals surface area contributed by atoms with E-state index in [0.29, 0.717) is 0 Å². The summed E-state index contributed by atoms with van der Waals surface area (Å²) in [5, 5.41) is 0.776. The molecule has 2 aromatic carbocycles. The van der Waals surface area contributed by atoms with Gasteiger partial charge in [0.2, 0.25) is 0 Å². The zero-order valence-electron chi connectivity index (χ0n) is 8.19. The maximum Gasteiger partial charge on any atom is 0.0406 e. The molecule has 16 heavy (non-hydrogen) atoms. The number of rotatable bonds is 3. The molecule has 0 aromatic heterocycles. The molecule has 2 rings (SSSR count). The van der Waals surface area contributed by atoms with Crippen LogP contribution in [-0.4, -0.2) is 0 Å². The Morgan fingerprint density at radius 2 is 1.19 bits per heavy atom. The van der Waals surface area contributed by atoms with Gasteiger partial charge in [-0.3, -0.25) is 0 Å². The topological polar surface area (TPSA) is 0 Å². The summed E-state index contributed by atoms with van der Waals surface area (Å²) in [7, 11) is 3.47. The second kappa shape index (κ2) is 6.01. The molecule has 0 saturated carbocycles. The van der Waals surface area contributed by atoms with E-state index < -0.39 is 0 Å². The van der Waals surface area contributed by atoms with E-state index >= 15 is 0 Å². The molecule has 0 nitrogen and oxygen atoms in total. The molecular weight excluding hydrogens is 324 g/mol. The van der Waals surface area contributed by atoms with Crippen molar-refractivity contribution in [2.75, 3.05) is 0 Å². The summed E-state index contributed by atoms with van der Waals surface area (Å²) in [5.74, 6) is 0. The second-order valence-electron chi connectivity index (χ2n) is 3.07. The highest BCUT2D eigenvalue weighted by atomic mass is 79.9. The molecule has 0 unspecified atom stereocenters. The zero-order chi connectivity index (χ0) is 11.4. The van der Waals surface area contributed by atoms with Crippen LogP contribution in [0.2, 0.25) is 5.02 Å². The van der Waals surface area contributed by atoms with Gasteiger partial charge in [0.25, 0.3) is 0 Å². The normalized spacial score (nSPS) is 10.4. The molecule has 0 aliphatic rings. The van der Waals surface area contributed by atoms with Gasteiger partial charge in [-0.1, -0.05) is 49.1 Å². The molecular formula is C12H8BrClS2. The van der Waals surface area contributed by atoms with Crippen LogP contribution < -0.4 is 0 Å². The Balaban J connectivity index is 1.97. The first-order valence-electron chi connectivity index (χ1n) is 4.60. The standard InChI is InChI=1S/C12H8BrClS2/c13-9-1-5-11(6-2-9)15-16-12-7-3-10(14)4-8-12/h1-8H. The Morgan fingerprint density at radius 3 is 1.69 bits per heavy atom. The molecule has 82 valence electrons. The third kappa shape index (κ3) is 3.74. The first kappa shape index (κ1) is 12.4. The molecule has 0 N–H and O–H groups in total. The number of halogens is 2. The van der Waals surface area contributed by atoms with Gasteiger partial charge in [-0.2, -0.15) is 0 Å². The molecule has 4 heteroatoms. The molecule has 2 aromatic rings. The van der Waals surface area contributed by atoms with Crippen LogP contribution in [0.25, 0.3) is 0 Å². The summed E-state index contributed by atoms with van der Waals surface area (Å²) < 4.78 is 1.10. The lowest BCUT2D eigenvalue weighted by molar-refractivity contribution is 1.45. The van der Waals surface area contributed by atoms with E-state index in [0.717, 1.165) is 9.50 Å². The maximum atomic E-state index is 5.82. The minimum Gasteiger partial charge on any atom is -0.0843 e. The molecule has 0 aliphatic carbocycles. The fraction of sp³-hybridized carbons (Fsp3) is 0. The lowest BCUT2D eigenvalue weighted by atomic mass is 10.4. The van der Waals surface area contributed by atoms with E-state index in [-0.39, 0.29) is 0 Å². The van der Waals surface area contributed by atoms with E-state index in [1.807, 2.05) is 36.4 Å². The summed E-state index contributed by atoms with van der Waals surface area (Å²) in [6.07, 6.45) is 0. The molecule has 0 atom stereocenters. The van der Waals surface area contributed by atoms with Crippen LogP contribution in [0.5, 0.6) is 0 Å². The summed E-state index contributed by atoms with van der Waals surface area (Å²) in [6, 6.07) is 16.2. The van der Waals surface area contributed by atoms with Crippen LogP contribution in [0.4, 0.5) is 0 Å². The second-order valence-corrected chi connectivity index (χ2v) is 6.70.